The van der Waals surface area contributed by atoms with E-state index in [0.29, 0.717) is 23.1 Å². The fourth-order valence-corrected chi connectivity index (χ4v) is 3.06. The number of anilines is 1. The summed E-state index contributed by atoms with van der Waals surface area (Å²) in [5.74, 6) is -1.50. The minimum Gasteiger partial charge on any atom is -0.506 e. The maximum absolute atomic E-state index is 13.0. The Kier molecular flexibility index (Phi) is 5.54. The molecule has 0 fully saturated rings. The number of nitrogens with one attached hydrogen (secondary N) is 1. The fourth-order valence-electron chi connectivity index (χ4n) is 3.06. The van der Waals surface area contributed by atoms with Crippen molar-refractivity contribution in [3.8, 4) is 5.75 Å². The molecule has 2 aromatic carbocycles. The summed E-state index contributed by atoms with van der Waals surface area (Å²) in [5.41, 5.74) is 0.0803. The van der Waals surface area contributed by atoms with Gasteiger partial charge in [0.05, 0.1) is 5.52 Å². The summed E-state index contributed by atoms with van der Waals surface area (Å²) in [6, 6.07) is 12.2. The van der Waals surface area contributed by atoms with E-state index in [1.807, 2.05) is 0 Å². The molecular weight excluding hydrogens is 347 g/mol. The Hall–Kier alpha value is -3.15. The van der Waals surface area contributed by atoms with Crippen LogP contribution in [0.3, 0.4) is 0 Å². The van der Waals surface area contributed by atoms with E-state index in [4.69, 9.17) is 0 Å². The number of amides is 1. The molecule has 3 rings (SSSR count). The number of para-hydroxylation sites is 1. The zero-order valence-electron chi connectivity index (χ0n) is 15.0. The van der Waals surface area contributed by atoms with Crippen LogP contribution in [0.5, 0.6) is 5.75 Å². The van der Waals surface area contributed by atoms with Gasteiger partial charge in [-0.25, -0.2) is 4.39 Å². The fraction of sp³-hybridized carbons (Fsp3) is 0.238. The second kappa shape index (κ2) is 8.03. The van der Waals surface area contributed by atoms with Gasteiger partial charge in [-0.05, 0) is 42.8 Å². The Morgan fingerprint density at radius 2 is 1.81 bits per heavy atom. The highest BCUT2D eigenvalue weighted by Gasteiger charge is 2.22. The van der Waals surface area contributed by atoms with Crippen molar-refractivity contribution in [2.24, 2.45) is 0 Å². The number of benzene rings is 2. The van der Waals surface area contributed by atoms with Crippen LogP contribution in [0.1, 0.15) is 36.5 Å². The third-order valence-electron chi connectivity index (χ3n) is 4.46. The number of fused-ring (bicyclic) bond motifs is 1. The molecule has 0 saturated heterocycles. The van der Waals surface area contributed by atoms with Gasteiger partial charge >= 0.3 is 0 Å². The molecule has 140 valence electrons. The zero-order chi connectivity index (χ0) is 19.4. The van der Waals surface area contributed by atoms with Crippen molar-refractivity contribution in [1.82, 2.24) is 4.57 Å². The zero-order valence-corrected chi connectivity index (χ0v) is 15.0. The monoisotopic (exact) mass is 368 g/mol. The molecule has 0 aliphatic heterocycles. The van der Waals surface area contributed by atoms with Crippen LogP contribution in [-0.2, 0) is 6.54 Å². The van der Waals surface area contributed by atoms with Gasteiger partial charge in [0.15, 0.2) is 0 Å². The van der Waals surface area contributed by atoms with Crippen molar-refractivity contribution in [3.05, 3.63) is 70.3 Å². The van der Waals surface area contributed by atoms with Gasteiger partial charge in [-0.1, -0.05) is 31.9 Å². The van der Waals surface area contributed by atoms with Crippen LogP contribution in [0, 0.1) is 5.82 Å². The minimum atomic E-state index is -0.723. The van der Waals surface area contributed by atoms with Crippen LogP contribution in [0.4, 0.5) is 10.1 Å². The summed E-state index contributed by atoms with van der Waals surface area (Å²) in [4.78, 5) is 25.7. The number of pyridine rings is 1. The highest BCUT2D eigenvalue weighted by molar-refractivity contribution is 6.09. The Balaban J connectivity index is 2.07. The van der Waals surface area contributed by atoms with Crippen LogP contribution < -0.4 is 10.9 Å². The number of nitrogens with zero attached hydrogens (tertiary/aromatic N) is 1. The number of aromatic hydroxyl groups is 1. The predicted molar refractivity (Wildman–Crippen MR) is 104 cm³/mol. The molecule has 0 aliphatic rings. The Labute approximate surface area is 156 Å². The van der Waals surface area contributed by atoms with Crippen LogP contribution in [0.25, 0.3) is 10.9 Å². The van der Waals surface area contributed by atoms with Gasteiger partial charge < -0.3 is 15.0 Å². The molecule has 0 atom stereocenters. The van der Waals surface area contributed by atoms with E-state index in [1.54, 1.807) is 24.3 Å². The number of unbranched alkanes of at least 4 members (excludes halogenated alkanes) is 2. The van der Waals surface area contributed by atoms with Crippen molar-refractivity contribution in [2.75, 3.05) is 5.32 Å². The molecule has 3 aromatic rings. The number of hydrogen-bond donors (Lipinski definition) is 2. The first-order chi connectivity index (χ1) is 13.0. The first-order valence-corrected chi connectivity index (χ1v) is 8.94. The molecule has 0 unspecified atom stereocenters. The Morgan fingerprint density at radius 3 is 2.52 bits per heavy atom. The molecule has 6 heteroatoms. The largest absolute Gasteiger partial charge is 0.506 e. The minimum absolute atomic E-state index is 0.311. The Morgan fingerprint density at radius 1 is 1.11 bits per heavy atom. The van der Waals surface area contributed by atoms with Gasteiger partial charge in [-0.2, -0.15) is 0 Å². The summed E-state index contributed by atoms with van der Waals surface area (Å²) in [6.07, 6.45) is 2.76. The van der Waals surface area contributed by atoms with E-state index in [-0.39, 0.29) is 11.3 Å². The number of hydrogen-bond acceptors (Lipinski definition) is 3. The van der Waals surface area contributed by atoms with E-state index in [0.717, 1.165) is 19.3 Å². The van der Waals surface area contributed by atoms with Gasteiger partial charge in [-0.15, -0.1) is 0 Å². The normalized spacial score (nSPS) is 10.9. The number of aryl methyl sites for hydroxylation is 1. The molecule has 0 bridgehead atoms. The third-order valence-corrected chi connectivity index (χ3v) is 4.46. The van der Waals surface area contributed by atoms with E-state index >= 15 is 0 Å². The number of carbonyl (C=O) groups excluding carboxylic acids is 1. The highest BCUT2D eigenvalue weighted by Crippen LogP contribution is 2.27. The average Bonchev–Trinajstić information content (AvgIpc) is 2.66. The van der Waals surface area contributed by atoms with Gasteiger partial charge in [0, 0.05) is 17.6 Å². The summed E-state index contributed by atoms with van der Waals surface area (Å²) in [6.45, 7) is 2.53. The van der Waals surface area contributed by atoms with E-state index < -0.39 is 17.3 Å². The molecule has 1 amide bonds. The smallest absolute Gasteiger partial charge is 0.267 e. The molecule has 27 heavy (non-hydrogen) atoms. The average molecular weight is 368 g/mol. The maximum atomic E-state index is 13.0. The molecular formula is C21H21FN2O3. The number of carbonyl (C=O) groups is 1. The van der Waals surface area contributed by atoms with Gasteiger partial charge in [0.25, 0.3) is 11.5 Å². The second-order valence-electron chi connectivity index (χ2n) is 6.37. The molecule has 0 aliphatic carbocycles. The van der Waals surface area contributed by atoms with Crippen molar-refractivity contribution in [2.45, 2.75) is 32.7 Å². The van der Waals surface area contributed by atoms with E-state index in [2.05, 4.69) is 12.2 Å². The highest BCUT2D eigenvalue weighted by atomic mass is 19.1. The first-order valence-electron chi connectivity index (χ1n) is 8.94. The third kappa shape index (κ3) is 3.84. The lowest BCUT2D eigenvalue weighted by Crippen LogP contribution is -2.30. The van der Waals surface area contributed by atoms with E-state index in [1.165, 1.54) is 28.8 Å². The second-order valence-corrected chi connectivity index (χ2v) is 6.37. The molecule has 2 N–H and O–H groups in total. The number of rotatable bonds is 6. The van der Waals surface area contributed by atoms with Crippen LogP contribution >= 0.6 is 0 Å². The standard InChI is InChI=1S/C21H21FN2O3/c1-2-3-6-13-24-17-8-5-4-7-16(17)19(25)18(21(24)27)20(26)23-15-11-9-14(22)10-12-15/h4-5,7-12,25H,2-3,6,13H2,1H3,(H,23,26). The SMILES string of the molecule is CCCCCn1c(=O)c(C(=O)Nc2ccc(F)cc2)c(O)c2ccccc21. The van der Waals surface area contributed by atoms with Crippen molar-refractivity contribution >= 4 is 22.5 Å². The lowest BCUT2D eigenvalue weighted by Gasteiger charge is -2.15. The summed E-state index contributed by atoms with van der Waals surface area (Å²) < 4.78 is 14.6. The molecule has 0 radical (unpaired) electrons. The molecule has 0 saturated carbocycles. The molecule has 5 nitrogen and oxygen atoms in total. The summed E-state index contributed by atoms with van der Waals surface area (Å²) >= 11 is 0. The van der Waals surface area contributed by atoms with Crippen LogP contribution in [-0.4, -0.2) is 15.6 Å². The molecule has 0 spiro atoms. The van der Waals surface area contributed by atoms with E-state index in [9.17, 15) is 19.1 Å². The van der Waals surface area contributed by atoms with Gasteiger partial charge in [0.1, 0.15) is 17.1 Å². The molecule has 1 aromatic heterocycles. The quantitative estimate of drug-likeness (QED) is 0.638. The van der Waals surface area contributed by atoms with Gasteiger partial charge in [0.2, 0.25) is 0 Å². The lowest BCUT2D eigenvalue weighted by molar-refractivity contribution is 0.102. The van der Waals surface area contributed by atoms with Crippen molar-refractivity contribution in [1.29, 1.82) is 0 Å². The number of aromatic nitrogens is 1. The lowest BCUT2D eigenvalue weighted by atomic mass is 10.1. The summed E-state index contributed by atoms with van der Waals surface area (Å²) in [5, 5.41) is 13.6. The van der Waals surface area contributed by atoms with Gasteiger partial charge in [-0.3, -0.25) is 9.59 Å². The van der Waals surface area contributed by atoms with Crippen molar-refractivity contribution in [3.63, 3.8) is 0 Å². The topological polar surface area (TPSA) is 71.3 Å². The first kappa shape index (κ1) is 18.6. The summed E-state index contributed by atoms with van der Waals surface area (Å²) in [7, 11) is 0. The maximum Gasteiger partial charge on any atom is 0.267 e. The Bertz CT molecular complexity index is 1030. The molecule has 1 heterocycles. The van der Waals surface area contributed by atoms with Crippen molar-refractivity contribution < 1.29 is 14.3 Å². The van der Waals surface area contributed by atoms with Crippen LogP contribution in [0.15, 0.2) is 53.3 Å². The van der Waals surface area contributed by atoms with Crippen LogP contribution in [0.2, 0.25) is 0 Å². The number of halogens is 1. The predicted octanol–water partition coefficient (Wildman–Crippen LogP) is 4.29.